The molecule has 3 rings (SSSR count). The largest absolute Gasteiger partial charge is 0.468 e. The molecule has 0 saturated heterocycles. The number of aromatic nitrogens is 1. The number of halogens is 3. The number of aliphatic hydroxyl groups is 1. The van der Waals surface area contributed by atoms with Gasteiger partial charge in [-0.05, 0) is 35.9 Å². The fraction of sp³-hybridized carbons (Fsp3) is 0.273. The quantitative estimate of drug-likeness (QED) is 0.564. The maximum Gasteiger partial charge on any atom is 0.418 e. The third-order valence-corrected chi connectivity index (χ3v) is 4.70. The fourth-order valence-corrected chi connectivity index (χ4v) is 3.31. The van der Waals surface area contributed by atoms with Crippen molar-refractivity contribution in [2.75, 3.05) is 13.1 Å². The monoisotopic (exact) mass is 415 g/mol. The van der Waals surface area contributed by atoms with Crippen molar-refractivity contribution in [3.63, 3.8) is 0 Å². The van der Waals surface area contributed by atoms with Crippen LogP contribution in [0.1, 0.15) is 35.1 Å². The van der Waals surface area contributed by atoms with Crippen molar-refractivity contribution in [1.29, 1.82) is 5.26 Å². The summed E-state index contributed by atoms with van der Waals surface area (Å²) in [6.07, 6.45) is -2.57. The van der Waals surface area contributed by atoms with Gasteiger partial charge in [0.15, 0.2) is 0 Å². The van der Waals surface area contributed by atoms with E-state index >= 15 is 0 Å². The molecule has 0 aliphatic rings. The van der Waals surface area contributed by atoms with Gasteiger partial charge in [-0.2, -0.15) is 18.4 Å². The van der Waals surface area contributed by atoms with Crippen molar-refractivity contribution in [3.05, 3.63) is 71.8 Å². The van der Waals surface area contributed by atoms with Gasteiger partial charge >= 0.3 is 6.18 Å². The van der Waals surface area contributed by atoms with Crippen molar-refractivity contribution >= 4 is 17.0 Å². The highest BCUT2D eigenvalue weighted by atomic mass is 19.4. The van der Waals surface area contributed by atoms with E-state index in [1.807, 2.05) is 4.90 Å². The molecule has 30 heavy (non-hydrogen) atoms. The predicted octanol–water partition coefficient (Wildman–Crippen LogP) is 4.94. The van der Waals surface area contributed by atoms with Crippen molar-refractivity contribution in [3.8, 4) is 6.07 Å². The number of nitriles is 1. The Kier molecular flexibility index (Phi) is 6.55. The highest BCUT2D eigenvalue weighted by Gasteiger charge is 2.34. The van der Waals surface area contributed by atoms with E-state index in [0.717, 1.165) is 6.07 Å². The third kappa shape index (κ3) is 4.87. The number of aliphatic hydroxyl groups excluding tert-OH is 1. The second-order valence-corrected chi connectivity index (χ2v) is 6.78. The van der Waals surface area contributed by atoms with Gasteiger partial charge in [-0.25, -0.2) is 4.98 Å². The Bertz CT molecular complexity index is 1060. The molecule has 1 aromatic carbocycles. The van der Waals surface area contributed by atoms with Crippen molar-refractivity contribution in [2.24, 2.45) is 0 Å². The minimum absolute atomic E-state index is 0.105. The van der Waals surface area contributed by atoms with Gasteiger partial charge in [0, 0.05) is 24.9 Å². The van der Waals surface area contributed by atoms with Crippen LogP contribution in [0.25, 0.3) is 17.0 Å². The molecule has 1 unspecified atom stereocenters. The zero-order valence-electron chi connectivity index (χ0n) is 16.1. The Labute approximate surface area is 171 Å². The lowest BCUT2D eigenvalue weighted by atomic mass is 9.99. The van der Waals surface area contributed by atoms with E-state index in [2.05, 4.69) is 17.6 Å². The fourth-order valence-electron chi connectivity index (χ4n) is 3.31. The van der Waals surface area contributed by atoms with Crippen molar-refractivity contribution in [1.82, 2.24) is 9.88 Å². The molecule has 0 radical (unpaired) electrons. The van der Waals surface area contributed by atoms with Gasteiger partial charge in [-0.15, -0.1) is 0 Å². The van der Waals surface area contributed by atoms with Crippen LogP contribution in [-0.4, -0.2) is 28.1 Å². The van der Waals surface area contributed by atoms with Crippen LogP contribution in [0.15, 0.2) is 53.7 Å². The maximum atomic E-state index is 13.5. The molecule has 156 valence electrons. The Morgan fingerprint density at radius 2 is 2.10 bits per heavy atom. The van der Waals surface area contributed by atoms with E-state index < -0.39 is 17.8 Å². The van der Waals surface area contributed by atoms with Crippen LogP contribution in [0.4, 0.5) is 13.2 Å². The average Bonchev–Trinajstić information content (AvgIpc) is 3.22. The van der Waals surface area contributed by atoms with Crippen LogP contribution >= 0.6 is 0 Å². The van der Waals surface area contributed by atoms with Crippen LogP contribution in [0.2, 0.25) is 0 Å². The van der Waals surface area contributed by atoms with E-state index in [0.29, 0.717) is 24.4 Å². The van der Waals surface area contributed by atoms with Gasteiger partial charge in [-0.1, -0.05) is 18.7 Å². The number of rotatable bonds is 8. The van der Waals surface area contributed by atoms with Crippen LogP contribution in [-0.2, 0) is 12.7 Å². The highest BCUT2D eigenvalue weighted by Crippen LogP contribution is 2.36. The van der Waals surface area contributed by atoms with Gasteiger partial charge in [0.25, 0.3) is 0 Å². The lowest BCUT2D eigenvalue weighted by Gasteiger charge is -2.24. The number of nitrogens with zero attached hydrogens (tertiary/aromatic N) is 3. The Hall–Kier alpha value is -3.15. The number of benzene rings is 1. The summed E-state index contributed by atoms with van der Waals surface area (Å²) in [5.41, 5.74) is -0.537. The summed E-state index contributed by atoms with van der Waals surface area (Å²) in [5.74, 6) is 0.658. The first-order valence-corrected chi connectivity index (χ1v) is 9.26. The zero-order chi connectivity index (χ0) is 21.7. The normalized spacial score (nSPS) is 12.8. The maximum absolute atomic E-state index is 13.5. The number of hydrogen-bond acceptors (Lipinski definition) is 5. The summed E-state index contributed by atoms with van der Waals surface area (Å²) >= 11 is 0. The van der Waals surface area contributed by atoms with Crippen LogP contribution in [0.3, 0.4) is 0 Å². The predicted molar refractivity (Wildman–Crippen MR) is 106 cm³/mol. The number of furan rings is 1. The van der Waals surface area contributed by atoms with E-state index in [1.165, 1.54) is 30.5 Å². The van der Waals surface area contributed by atoms with E-state index in [9.17, 15) is 18.3 Å². The van der Waals surface area contributed by atoms with E-state index in [1.54, 1.807) is 12.1 Å². The zero-order valence-corrected chi connectivity index (χ0v) is 16.1. The van der Waals surface area contributed by atoms with Gasteiger partial charge < -0.3 is 9.52 Å². The van der Waals surface area contributed by atoms with Gasteiger partial charge in [0.1, 0.15) is 5.76 Å². The molecule has 0 bridgehead atoms. The number of alkyl halides is 3. The molecule has 1 N–H and O–H groups in total. The summed E-state index contributed by atoms with van der Waals surface area (Å²) in [6.45, 7) is 4.44. The minimum Gasteiger partial charge on any atom is -0.468 e. The summed E-state index contributed by atoms with van der Waals surface area (Å²) in [6, 6.07) is 10.9. The molecule has 0 aliphatic heterocycles. The van der Waals surface area contributed by atoms with E-state index in [4.69, 9.17) is 9.68 Å². The van der Waals surface area contributed by atoms with Gasteiger partial charge in [0.2, 0.25) is 0 Å². The first-order chi connectivity index (χ1) is 14.3. The first kappa shape index (κ1) is 21.6. The lowest BCUT2D eigenvalue weighted by Crippen LogP contribution is -2.29. The highest BCUT2D eigenvalue weighted by molar-refractivity contribution is 5.87. The molecule has 1 atom stereocenters. The molecule has 5 nitrogen and oxygen atoms in total. The van der Waals surface area contributed by atoms with E-state index in [-0.39, 0.29) is 29.6 Å². The molecule has 0 aliphatic carbocycles. The van der Waals surface area contributed by atoms with Crippen molar-refractivity contribution in [2.45, 2.75) is 25.2 Å². The van der Waals surface area contributed by atoms with Crippen LogP contribution < -0.4 is 0 Å². The van der Waals surface area contributed by atoms with Gasteiger partial charge in [-0.3, -0.25) is 4.90 Å². The lowest BCUT2D eigenvalue weighted by molar-refractivity contribution is -0.136. The summed E-state index contributed by atoms with van der Waals surface area (Å²) < 4.78 is 45.7. The Morgan fingerprint density at radius 1 is 1.30 bits per heavy atom. The number of fused-ring (bicyclic) bond motifs is 1. The van der Waals surface area contributed by atoms with Crippen LogP contribution in [0, 0.1) is 11.3 Å². The average molecular weight is 415 g/mol. The number of pyridine rings is 1. The third-order valence-electron chi connectivity index (χ3n) is 4.70. The molecule has 3 aromatic rings. The molecular formula is C22H20F3N3O2. The molecule has 0 saturated carbocycles. The second-order valence-electron chi connectivity index (χ2n) is 6.78. The van der Waals surface area contributed by atoms with Crippen LogP contribution in [0.5, 0.6) is 0 Å². The minimum atomic E-state index is -4.58. The standard InChI is InChI=1S/C22H20F3N3O2/c1-2-15-12-18(17-7-3-8-19(21(17)27-15)22(23,24)25)20(29)14-28(10-5-9-26)13-16-6-4-11-30-16/h2-4,6-8,11-12,20,29H,1,5,10,13-14H2. The molecule has 2 heterocycles. The summed E-state index contributed by atoms with van der Waals surface area (Å²) in [7, 11) is 0. The second kappa shape index (κ2) is 9.11. The SMILES string of the molecule is C=Cc1cc(C(O)CN(CCC#N)Cc2ccco2)c2cccc(C(F)(F)F)c2n1. The Balaban J connectivity index is 1.99. The summed E-state index contributed by atoms with van der Waals surface area (Å²) in [5, 5.41) is 20.1. The first-order valence-electron chi connectivity index (χ1n) is 9.26. The molecule has 8 heteroatoms. The molecule has 0 amide bonds. The molecule has 0 spiro atoms. The molecule has 2 aromatic heterocycles. The van der Waals surface area contributed by atoms with Crippen molar-refractivity contribution < 1.29 is 22.7 Å². The number of hydrogen-bond donors (Lipinski definition) is 1. The molecule has 0 fully saturated rings. The number of para-hydroxylation sites is 1. The Morgan fingerprint density at radius 3 is 2.73 bits per heavy atom. The van der Waals surface area contributed by atoms with Gasteiger partial charge in [0.05, 0.1) is 41.8 Å². The smallest absolute Gasteiger partial charge is 0.418 e. The molecular weight excluding hydrogens is 395 g/mol. The topological polar surface area (TPSA) is 73.3 Å². The summed E-state index contributed by atoms with van der Waals surface area (Å²) in [4.78, 5) is 5.89.